The van der Waals surface area contributed by atoms with Crippen LogP contribution in [-0.4, -0.2) is 16.9 Å². The van der Waals surface area contributed by atoms with Crippen LogP contribution in [0.3, 0.4) is 0 Å². The lowest BCUT2D eigenvalue weighted by molar-refractivity contribution is 0.0928. The molecule has 0 radical (unpaired) electrons. The van der Waals surface area contributed by atoms with Gasteiger partial charge in [0.05, 0.1) is 0 Å². The zero-order valence-electron chi connectivity index (χ0n) is 10.4. The largest absolute Gasteiger partial charge is 0.348 e. The van der Waals surface area contributed by atoms with Gasteiger partial charge in [-0.2, -0.15) is 0 Å². The average molecular weight is 232 g/mol. The molecule has 3 nitrogen and oxygen atoms in total. The molecule has 0 aliphatic heterocycles. The van der Waals surface area contributed by atoms with Crippen molar-refractivity contribution < 1.29 is 4.79 Å². The number of aryl methyl sites for hydroxylation is 1. The first-order chi connectivity index (χ1) is 8.25. The van der Waals surface area contributed by atoms with E-state index in [-0.39, 0.29) is 5.91 Å². The summed E-state index contributed by atoms with van der Waals surface area (Å²) in [5.74, 6) is -0.0272. The highest BCUT2D eigenvalue weighted by molar-refractivity contribution is 5.92. The number of amides is 1. The number of nitrogens with zero attached hydrogens (tertiary/aromatic N) is 1. The first-order valence-electron chi connectivity index (χ1n) is 6.49. The van der Waals surface area contributed by atoms with E-state index in [4.69, 9.17) is 0 Å². The minimum absolute atomic E-state index is 0.0272. The fourth-order valence-corrected chi connectivity index (χ4v) is 2.34. The third-order valence-electron chi connectivity index (χ3n) is 3.34. The van der Waals surface area contributed by atoms with Gasteiger partial charge in [-0.3, -0.25) is 9.78 Å². The highest BCUT2D eigenvalue weighted by Crippen LogP contribution is 2.17. The van der Waals surface area contributed by atoms with Gasteiger partial charge in [0, 0.05) is 12.2 Å². The summed E-state index contributed by atoms with van der Waals surface area (Å²) in [4.78, 5) is 16.1. The molecule has 1 aromatic heterocycles. The number of rotatable bonds is 2. The first-order valence-corrected chi connectivity index (χ1v) is 6.49. The van der Waals surface area contributed by atoms with Crippen molar-refractivity contribution in [2.45, 2.75) is 51.5 Å². The number of nitrogens with one attached hydrogen (secondary N) is 1. The second-order valence-electron chi connectivity index (χ2n) is 4.88. The van der Waals surface area contributed by atoms with Crippen LogP contribution in [0.1, 0.15) is 54.6 Å². The van der Waals surface area contributed by atoms with Crippen LogP contribution in [0.25, 0.3) is 0 Å². The van der Waals surface area contributed by atoms with Crippen LogP contribution in [0, 0.1) is 6.92 Å². The van der Waals surface area contributed by atoms with Gasteiger partial charge in [0.25, 0.3) is 5.91 Å². The van der Waals surface area contributed by atoms with Gasteiger partial charge in [0.15, 0.2) is 0 Å². The van der Waals surface area contributed by atoms with Gasteiger partial charge in [0.2, 0.25) is 0 Å². The number of hydrogen-bond donors (Lipinski definition) is 1. The molecular formula is C14H20N2O. The van der Waals surface area contributed by atoms with Crippen LogP contribution in [0.4, 0.5) is 0 Å². The van der Waals surface area contributed by atoms with Crippen LogP contribution in [0.15, 0.2) is 18.3 Å². The van der Waals surface area contributed by atoms with E-state index in [1.807, 2.05) is 19.1 Å². The number of aromatic nitrogens is 1. The summed E-state index contributed by atoms with van der Waals surface area (Å²) in [6.07, 6.45) is 8.97. The smallest absolute Gasteiger partial charge is 0.270 e. The lowest BCUT2D eigenvalue weighted by Crippen LogP contribution is -2.34. The second kappa shape index (κ2) is 5.80. The summed E-state index contributed by atoms with van der Waals surface area (Å²) in [6, 6.07) is 4.08. The Labute approximate surface area is 103 Å². The number of carbonyl (C=O) groups is 1. The van der Waals surface area contributed by atoms with Gasteiger partial charge >= 0.3 is 0 Å². The van der Waals surface area contributed by atoms with E-state index >= 15 is 0 Å². The molecule has 3 heteroatoms. The first kappa shape index (κ1) is 12.1. The van der Waals surface area contributed by atoms with Crippen molar-refractivity contribution in [3.8, 4) is 0 Å². The van der Waals surface area contributed by atoms with Crippen LogP contribution >= 0.6 is 0 Å². The van der Waals surface area contributed by atoms with Crippen LogP contribution in [0.5, 0.6) is 0 Å². The topological polar surface area (TPSA) is 42.0 Å². The SMILES string of the molecule is Cc1ccnc(C(=O)NC2CCCCCC2)c1. The molecule has 1 heterocycles. The highest BCUT2D eigenvalue weighted by atomic mass is 16.1. The maximum absolute atomic E-state index is 12.0. The Balaban J connectivity index is 1.96. The molecule has 0 atom stereocenters. The Hall–Kier alpha value is -1.38. The van der Waals surface area contributed by atoms with Crippen molar-refractivity contribution >= 4 is 5.91 Å². The molecule has 1 N–H and O–H groups in total. The lowest BCUT2D eigenvalue weighted by Gasteiger charge is -2.15. The van der Waals surface area contributed by atoms with E-state index in [0.29, 0.717) is 11.7 Å². The molecule has 1 aromatic rings. The summed E-state index contributed by atoms with van der Waals surface area (Å²) >= 11 is 0. The van der Waals surface area contributed by atoms with Gasteiger partial charge in [0.1, 0.15) is 5.69 Å². The normalized spacial score (nSPS) is 17.5. The molecule has 0 bridgehead atoms. The fourth-order valence-electron chi connectivity index (χ4n) is 2.34. The van der Waals surface area contributed by atoms with Crippen molar-refractivity contribution in [2.75, 3.05) is 0 Å². The summed E-state index contributed by atoms with van der Waals surface area (Å²) in [5.41, 5.74) is 1.61. The van der Waals surface area contributed by atoms with E-state index in [9.17, 15) is 4.79 Å². The van der Waals surface area contributed by atoms with E-state index < -0.39 is 0 Å². The summed E-state index contributed by atoms with van der Waals surface area (Å²) < 4.78 is 0. The Bertz CT molecular complexity index is 382. The summed E-state index contributed by atoms with van der Waals surface area (Å²) in [6.45, 7) is 1.98. The van der Waals surface area contributed by atoms with E-state index in [1.165, 1.54) is 25.7 Å². The van der Waals surface area contributed by atoms with Crippen LogP contribution < -0.4 is 5.32 Å². The maximum Gasteiger partial charge on any atom is 0.270 e. The molecule has 1 saturated carbocycles. The van der Waals surface area contributed by atoms with Gasteiger partial charge in [-0.25, -0.2) is 0 Å². The predicted octanol–water partition coefficient (Wildman–Crippen LogP) is 2.84. The zero-order chi connectivity index (χ0) is 12.1. The van der Waals surface area contributed by atoms with Gasteiger partial charge in [-0.15, -0.1) is 0 Å². The van der Waals surface area contributed by atoms with Crippen LogP contribution in [0.2, 0.25) is 0 Å². The third kappa shape index (κ3) is 3.55. The van der Waals surface area contributed by atoms with Crippen molar-refractivity contribution in [3.63, 3.8) is 0 Å². The van der Waals surface area contributed by atoms with E-state index in [2.05, 4.69) is 10.3 Å². The van der Waals surface area contributed by atoms with Crippen molar-refractivity contribution in [1.29, 1.82) is 0 Å². The Morgan fingerprint density at radius 2 is 2.00 bits per heavy atom. The molecule has 0 aromatic carbocycles. The molecule has 17 heavy (non-hydrogen) atoms. The molecule has 2 rings (SSSR count). The molecule has 1 aliphatic rings. The maximum atomic E-state index is 12.0. The van der Waals surface area contributed by atoms with Crippen LogP contribution in [-0.2, 0) is 0 Å². The molecule has 0 unspecified atom stereocenters. The number of carbonyl (C=O) groups excluding carboxylic acids is 1. The lowest BCUT2D eigenvalue weighted by atomic mass is 10.1. The number of pyridine rings is 1. The summed E-state index contributed by atoms with van der Waals surface area (Å²) in [7, 11) is 0. The molecular weight excluding hydrogens is 212 g/mol. The van der Waals surface area contributed by atoms with Gasteiger partial charge < -0.3 is 5.32 Å². The van der Waals surface area contributed by atoms with E-state index in [0.717, 1.165) is 18.4 Å². The molecule has 1 aliphatic carbocycles. The molecule has 1 fully saturated rings. The Kier molecular flexibility index (Phi) is 4.13. The van der Waals surface area contributed by atoms with Gasteiger partial charge in [-0.1, -0.05) is 25.7 Å². The third-order valence-corrected chi connectivity index (χ3v) is 3.34. The fraction of sp³-hybridized carbons (Fsp3) is 0.571. The molecule has 1 amide bonds. The highest BCUT2D eigenvalue weighted by Gasteiger charge is 2.16. The Morgan fingerprint density at radius 1 is 1.29 bits per heavy atom. The number of hydrogen-bond acceptors (Lipinski definition) is 2. The zero-order valence-corrected chi connectivity index (χ0v) is 10.4. The Morgan fingerprint density at radius 3 is 2.65 bits per heavy atom. The molecule has 92 valence electrons. The van der Waals surface area contributed by atoms with E-state index in [1.54, 1.807) is 6.20 Å². The molecule has 0 saturated heterocycles. The van der Waals surface area contributed by atoms with Crippen molar-refractivity contribution in [3.05, 3.63) is 29.6 Å². The standard InChI is InChI=1S/C14H20N2O/c1-11-8-9-15-13(10-11)14(17)16-12-6-4-2-3-5-7-12/h8-10,12H,2-7H2,1H3,(H,16,17). The van der Waals surface area contributed by atoms with Crippen molar-refractivity contribution in [2.24, 2.45) is 0 Å². The average Bonchev–Trinajstić information content (AvgIpc) is 2.57. The molecule has 0 spiro atoms. The second-order valence-corrected chi connectivity index (χ2v) is 4.88. The quantitative estimate of drug-likeness (QED) is 0.797. The summed E-state index contributed by atoms with van der Waals surface area (Å²) in [5, 5.41) is 3.10. The van der Waals surface area contributed by atoms with Gasteiger partial charge in [-0.05, 0) is 37.5 Å². The van der Waals surface area contributed by atoms with Crippen molar-refractivity contribution in [1.82, 2.24) is 10.3 Å². The minimum Gasteiger partial charge on any atom is -0.348 e. The predicted molar refractivity (Wildman–Crippen MR) is 67.9 cm³/mol. The monoisotopic (exact) mass is 232 g/mol. The minimum atomic E-state index is -0.0272.